The molecule has 1 unspecified atom stereocenters. The van der Waals surface area contributed by atoms with Gasteiger partial charge in [-0.1, -0.05) is 36.2 Å². The minimum Gasteiger partial charge on any atom is -0.316 e. The Morgan fingerprint density at radius 1 is 1.23 bits per heavy atom. The smallest absolute Gasteiger partial charge is 0.247 e. The molecule has 0 fully saturated rings. The number of nitrogens with two attached hydrogens (primary N) is 1. The summed E-state index contributed by atoms with van der Waals surface area (Å²) in [6.07, 6.45) is 5.76. The van der Waals surface area contributed by atoms with Gasteiger partial charge in [0.15, 0.2) is 5.13 Å². The minimum absolute atomic E-state index is 0.201. The third-order valence-corrected chi connectivity index (χ3v) is 5.12. The van der Waals surface area contributed by atoms with Crippen LogP contribution in [-0.4, -0.2) is 10.9 Å². The fraction of sp³-hybridized carbons (Fsp3) is 0.412. The van der Waals surface area contributed by atoms with Crippen molar-refractivity contribution in [2.75, 3.05) is 5.32 Å². The van der Waals surface area contributed by atoms with Gasteiger partial charge in [0.05, 0.1) is 5.69 Å². The van der Waals surface area contributed by atoms with Gasteiger partial charge in [0.2, 0.25) is 5.91 Å². The average Bonchev–Trinajstić information content (AvgIpc) is 2.76. The molecular weight excluding hydrogens is 294 g/mol. The molecule has 1 amide bonds. The van der Waals surface area contributed by atoms with Gasteiger partial charge in [-0.25, -0.2) is 4.98 Å². The first kappa shape index (κ1) is 15.2. The number of benzene rings is 1. The van der Waals surface area contributed by atoms with Gasteiger partial charge < -0.3 is 11.1 Å². The summed E-state index contributed by atoms with van der Waals surface area (Å²) in [5.74, 6) is -0.201. The minimum atomic E-state index is -0.663. The quantitative estimate of drug-likeness (QED) is 0.853. The van der Waals surface area contributed by atoms with E-state index in [2.05, 4.69) is 10.3 Å². The Labute approximate surface area is 134 Å². The van der Waals surface area contributed by atoms with Crippen molar-refractivity contribution in [1.29, 1.82) is 0 Å². The van der Waals surface area contributed by atoms with Crippen LogP contribution in [0.5, 0.6) is 0 Å². The van der Waals surface area contributed by atoms with Gasteiger partial charge in [-0.2, -0.15) is 0 Å². The number of aryl methyl sites for hydroxylation is 3. The summed E-state index contributed by atoms with van der Waals surface area (Å²) in [5, 5.41) is 3.56. The first-order valence-corrected chi connectivity index (χ1v) is 8.57. The SMILES string of the molecule is Cc1ccc(C(N)C(=O)Nc2nc3c(s2)CCCCC3)cc1. The van der Waals surface area contributed by atoms with E-state index >= 15 is 0 Å². The molecule has 22 heavy (non-hydrogen) atoms. The number of fused-ring (bicyclic) bond motifs is 1. The molecule has 3 rings (SSSR count). The number of aromatic nitrogens is 1. The zero-order valence-corrected chi connectivity index (χ0v) is 13.6. The Balaban J connectivity index is 1.70. The van der Waals surface area contributed by atoms with Crippen LogP contribution in [-0.2, 0) is 17.6 Å². The van der Waals surface area contributed by atoms with Gasteiger partial charge in [-0.15, -0.1) is 11.3 Å². The maximum atomic E-state index is 12.3. The lowest BCUT2D eigenvalue weighted by atomic mass is 10.1. The molecule has 0 radical (unpaired) electrons. The van der Waals surface area contributed by atoms with E-state index in [1.807, 2.05) is 31.2 Å². The number of hydrogen-bond donors (Lipinski definition) is 2. The molecule has 1 aliphatic carbocycles. The molecule has 1 heterocycles. The summed E-state index contributed by atoms with van der Waals surface area (Å²) in [7, 11) is 0. The highest BCUT2D eigenvalue weighted by Gasteiger charge is 2.19. The molecule has 1 atom stereocenters. The lowest BCUT2D eigenvalue weighted by molar-refractivity contribution is -0.117. The van der Waals surface area contributed by atoms with Gasteiger partial charge >= 0.3 is 0 Å². The standard InChI is InChI=1S/C17H21N3OS/c1-11-7-9-12(10-8-11)15(18)16(21)20-17-19-13-5-3-2-4-6-14(13)22-17/h7-10,15H,2-6,18H2,1H3,(H,19,20,21). The molecular formula is C17H21N3OS. The van der Waals surface area contributed by atoms with Gasteiger partial charge in [-0.05, 0) is 38.2 Å². The third kappa shape index (κ3) is 3.36. The van der Waals surface area contributed by atoms with E-state index in [4.69, 9.17) is 5.73 Å². The first-order chi connectivity index (χ1) is 10.6. The number of rotatable bonds is 3. The molecule has 0 saturated carbocycles. The molecule has 0 spiro atoms. The largest absolute Gasteiger partial charge is 0.316 e. The number of nitrogens with one attached hydrogen (secondary N) is 1. The van der Waals surface area contributed by atoms with Crippen molar-refractivity contribution in [2.24, 2.45) is 5.73 Å². The molecule has 2 aromatic rings. The van der Waals surface area contributed by atoms with Crippen molar-refractivity contribution in [3.8, 4) is 0 Å². The van der Waals surface area contributed by atoms with Crippen molar-refractivity contribution in [3.05, 3.63) is 46.0 Å². The molecule has 0 bridgehead atoms. The van der Waals surface area contributed by atoms with Crippen LogP contribution in [0.25, 0.3) is 0 Å². The number of nitrogens with zero attached hydrogens (tertiary/aromatic N) is 1. The molecule has 5 heteroatoms. The van der Waals surface area contributed by atoms with E-state index in [-0.39, 0.29) is 5.91 Å². The molecule has 0 saturated heterocycles. The highest BCUT2D eigenvalue weighted by atomic mass is 32.1. The summed E-state index contributed by atoms with van der Waals surface area (Å²) in [6.45, 7) is 2.01. The number of carbonyl (C=O) groups excluding carboxylic acids is 1. The average molecular weight is 315 g/mol. The van der Waals surface area contributed by atoms with Crippen molar-refractivity contribution >= 4 is 22.4 Å². The lowest BCUT2D eigenvalue weighted by Gasteiger charge is -2.11. The Morgan fingerprint density at radius 2 is 1.95 bits per heavy atom. The maximum Gasteiger partial charge on any atom is 0.247 e. The van der Waals surface area contributed by atoms with Crippen LogP contribution in [0.1, 0.15) is 47.0 Å². The topological polar surface area (TPSA) is 68.0 Å². The number of carbonyl (C=O) groups is 1. The maximum absolute atomic E-state index is 12.3. The Kier molecular flexibility index (Phi) is 4.55. The van der Waals surface area contributed by atoms with Crippen molar-refractivity contribution in [1.82, 2.24) is 4.98 Å². The van der Waals surface area contributed by atoms with E-state index in [0.29, 0.717) is 5.13 Å². The monoisotopic (exact) mass is 315 g/mol. The molecule has 1 aromatic heterocycles. The van der Waals surface area contributed by atoms with Crippen LogP contribution < -0.4 is 11.1 Å². The number of thiazole rings is 1. The number of hydrogen-bond acceptors (Lipinski definition) is 4. The van der Waals surface area contributed by atoms with E-state index in [1.54, 1.807) is 11.3 Å². The Hall–Kier alpha value is -1.72. The number of anilines is 1. The van der Waals surface area contributed by atoms with Gasteiger partial charge in [0.25, 0.3) is 0 Å². The van der Waals surface area contributed by atoms with Crippen molar-refractivity contribution in [2.45, 2.75) is 45.1 Å². The van der Waals surface area contributed by atoms with E-state index in [1.165, 1.54) is 24.1 Å². The lowest BCUT2D eigenvalue weighted by Crippen LogP contribution is -2.27. The molecule has 1 aromatic carbocycles. The Bertz CT molecular complexity index is 640. The van der Waals surface area contributed by atoms with Crippen LogP contribution in [0.15, 0.2) is 24.3 Å². The van der Waals surface area contributed by atoms with E-state index < -0.39 is 6.04 Å². The molecule has 0 aliphatic heterocycles. The summed E-state index contributed by atoms with van der Waals surface area (Å²) < 4.78 is 0. The normalized spacial score (nSPS) is 15.7. The molecule has 4 nitrogen and oxygen atoms in total. The van der Waals surface area contributed by atoms with E-state index in [9.17, 15) is 4.79 Å². The molecule has 1 aliphatic rings. The van der Waals surface area contributed by atoms with Crippen LogP contribution in [0.4, 0.5) is 5.13 Å². The van der Waals surface area contributed by atoms with Crippen molar-refractivity contribution < 1.29 is 4.79 Å². The predicted octanol–water partition coefficient (Wildman–Crippen LogP) is 3.36. The van der Waals surface area contributed by atoms with Gasteiger partial charge in [0, 0.05) is 4.88 Å². The summed E-state index contributed by atoms with van der Waals surface area (Å²) in [6, 6.07) is 7.07. The summed E-state index contributed by atoms with van der Waals surface area (Å²) in [5.41, 5.74) is 9.18. The van der Waals surface area contributed by atoms with Crippen LogP contribution in [0.2, 0.25) is 0 Å². The molecule has 116 valence electrons. The fourth-order valence-electron chi connectivity index (χ4n) is 2.69. The second-order valence-electron chi connectivity index (χ2n) is 5.83. The third-order valence-electron chi connectivity index (χ3n) is 4.04. The fourth-order valence-corrected chi connectivity index (χ4v) is 3.74. The van der Waals surface area contributed by atoms with E-state index in [0.717, 1.165) is 29.7 Å². The zero-order chi connectivity index (χ0) is 15.5. The highest BCUT2D eigenvalue weighted by molar-refractivity contribution is 7.15. The van der Waals surface area contributed by atoms with Crippen molar-refractivity contribution in [3.63, 3.8) is 0 Å². The zero-order valence-electron chi connectivity index (χ0n) is 12.8. The number of amides is 1. The van der Waals surface area contributed by atoms with Crippen LogP contribution in [0.3, 0.4) is 0 Å². The molecule has 3 N–H and O–H groups in total. The Morgan fingerprint density at radius 3 is 2.73 bits per heavy atom. The highest BCUT2D eigenvalue weighted by Crippen LogP contribution is 2.29. The first-order valence-electron chi connectivity index (χ1n) is 7.75. The van der Waals surface area contributed by atoms with Crippen LogP contribution in [0, 0.1) is 6.92 Å². The summed E-state index contributed by atoms with van der Waals surface area (Å²) >= 11 is 1.59. The second kappa shape index (κ2) is 6.58. The summed E-state index contributed by atoms with van der Waals surface area (Å²) in [4.78, 5) is 18.2. The predicted molar refractivity (Wildman–Crippen MR) is 90.1 cm³/mol. The van der Waals surface area contributed by atoms with Gasteiger partial charge in [0.1, 0.15) is 6.04 Å². The second-order valence-corrected chi connectivity index (χ2v) is 6.91. The van der Waals surface area contributed by atoms with Crippen LogP contribution >= 0.6 is 11.3 Å². The van der Waals surface area contributed by atoms with Gasteiger partial charge in [-0.3, -0.25) is 4.79 Å².